The number of aliphatic carboxylic acids is 1. The first-order valence-corrected chi connectivity index (χ1v) is 10.2. The summed E-state index contributed by atoms with van der Waals surface area (Å²) >= 11 is 0. The summed E-state index contributed by atoms with van der Waals surface area (Å²) in [6.07, 6.45) is 0.822. The average Bonchev–Trinajstić information content (AvgIpc) is 2.78. The smallest absolute Gasteiger partial charge is 0.328 e. The van der Waals surface area contributed by atoms with Gasteiger partial charge in [0, 0.05) is 13.0 Å². The molecule has 3 amide bonds. The summed E-state index contributed by atoms with van der Waals surface area (Å²) < 4.78 is 0. The minimum Gasteiger partial charge on any atom is -0.480 e. The average molecular weight is 466 g/mol. The number of carboxylic acids is 1. The lowest BCUT2D eigenvalue weighted by Crippen LogP contribution is -2.55. The van der Waals surface area contributed by atoms with Gasteiger partial charge in [0.05, 0.1) is 19.2 Å². The minimum atomic E-state index is -1.52. The van der Waals surface area contributed by atoms with Crippen LogP contribution in [-0.2, 0) is 25.6 Å². The van der Waals surface area contributed by atoms with E-state index in [0.29, 0.717) is 24.9 Å². The van der Waals surface area contributed by atoms with Crippen molar-refractivity contribution in [1.29, 1.82) is 0 Å². The van der Waals surface area contributed by atoms with Gasteiger partial charge in [-0.3, -0.25) is 19.4 Å². The summed E-state index contributed by atoms with van der Waals surface area (Å²) in [4.78, 5) is 51.9. The molecule has 0 saturated carbocycles. The molecule has 0 aliphatic heterocycles. The van der Waals surface area contributed by atoms with E-state index < -0.39 is 55.0 Å². The summed E-state index contributed by atoms with van der Waals surface area (Å²) in [5, 5.41) is 25.2. The number of aliphatic imine (C=N–C) groups is 1. The number of hydrogen-bond acceptors (Lipinski definition) is 7. The van der Waals surface area contributed by atoms with Gasteiger partial charge in [-0.1, -0.05) is 30.3 Å². The Morgan fingerprint density at radius 3 is 2.24 bits per heavy atom. The summed E-state index contributed by atoms with van der Waals surface area (Å²) in [6.45, 7) is -0.948. The molecule has 0 radical (unpaired) electrons. The van der Waals surface area contributed by atoms with Crippen LogP contribution in [0.1, 0.15) is 18.4 Å². The molecule has 0 aromatic heterocycles. The van der Waals surface area contributed by atoms with Crippen LogP contribution >= 0.6 is 0 Å². The minimum absolute atomic E-state index is 0.0625. The highest BCUT2D eigenvalue weighted by atomic mass is 16.4. The van der Waals surface area contributed by atoms with Gasteiger partial charge in [0.25, 0.3) is 0 Å². The number of rotatable bonds is 14. The molecule has 0 heterocycles. The van der Waals surface area contributed by atoms with Crippen molar-refractivity contribution in [3.05, 3.63) is 35.9 Å². The maximum atomic E-state index is 12.6. The zero-order valence-electron chi connectivity index (χ0n) is 18.1. The van der Waals surface area contributed by atoms with Crippen LogP contribution in [0.4, 0.5) is 0 Å². The molecule has 1 aromatic carbocycles. The number of nitrogens with one attached hydrogen (secondary N) is 3. The number of aliphatic hydroxyl groups excluding tert-OH is 1. The molecule has 33 heavy (non-hydrogen) atoms. The van der Waals surface area contributed by atoms with Crippen LogP contribution in [0.2, 0.25) is 0 Å². The highest BCUT2D eigenvalue weighted by molar-refractivity contribution is 5.92. The summed E-state index contributed by atoms with van der Waals surface area (Å²) in [5.41, 5.74) is 16.9. The van der Waals surface area contributed by atoms with E-state index in [4.69, 9.17) is 27.4 Å². The van der Waals surface area contributed by atoms with Crippen LogP contribution in [0.25, 0.3) is 0 Å². The second-order valence-corrected chi connectivity index (χ2v) is 7.16. The predicted molar refractivity (Wildman–Crippen MR) is 120 cm³/mol. The highest BCUT2D eigenvalue weighted by Gasteiger charge is 2.26. The van der Waals surface area contributed by atoms with Crippen molar-refractivity contribution in [3.63, 3.8) is 0 Å². The molecule has 182 valence electrons. The molecule has 13 nitrogen and oxygen atoms in total. The van der Waals surface area contributed by atoms with E-state index >= 15 is 0 Å². The first-order chi connectivity index (χ1) is 15.6. The molecule has 0 saturated heterocycles. The van der Waals surface area contributed by atoms with Crippen molar-refractivity contribution in [2.45, 2.75) is 37.4 Å². The van der Waals surface area contributed by atoms with Gasteiger partial charge >= 0.3 is 5.97 Å². The first-order valence-electron chi connectivity index (χ1n) is 10.2. The molecule has 1 aromatic rings. The predicted octanol–water partition coefficient (Wildman–Crippen LogP) is -3.23. The largest absolute Gasteiger partial charge is 0.480 e. The Labute approximate surface area is 190 Å². The third-order valence-electron chi connectivity index (χ3n) is 4.46. The summed E-state index contributed by atoms with van der Waals surface area (Å²) in [5.74, 6) is -3.52. The molecule has 11 N–H and O–H groups in total. The van der Waals surface area contributed by atoms with Crippen molar-refractivity contribution >= 4 is 29.7 Å². The second-order valence-electron chi connectivity index (χ2n) is 7.16. The normalized spacial score (nSPS) is 13.2. The quantitative estimate of drug-likeness (QED) is 0.0782. The molecule has 0 spiro atoms. The summed E-state index contributed by atoms with van der Waals surface area (Å²) in [6, 6.07) is 5.19. The van der Waals surface area contributed by atoms with Gasteiger partial charge in [-0.05, 0) is 18.4 Å². The Hall–Kier alpha value is -3.71. The van der Waals surface area contributed by atoms with Gasteiger partial charge in [0.1, 0.15) is 12.1 Å². The van der Waals surface area contributed by atoms with Gasteiger partial charge in [-0.2, -0.15) is 0 Å². The molecule has 0 bridgehead atoms. The van der Waals surface area contributed by atoms with E-state index in [9.17, 15) is 19.2 Å². The van der Waals surface area contributed by atoms with E-state index in [1.54, 1.807) is 30.3 Å². The molecule has 1 rings (SSSR count). The lowest BCUT2D eigenvalue weighted by Gasteiger charge is -2.21. The van der Waals surface area contributed by atoms with Crippen molar-refractivity contribution in [2.24, 2.45) is 22.2 Å². The fourth-order valence-electron chi connectivity index (χ4n) is 2.71. The number of hydrogen-bond donors (Lipinski definition) is 8. The van der Waals surface area contributed by atoms with Gasteiger partial charge in [0.2, 0.25) is 17.7 Å². The third kappa shape index (κ3) is 10.9. The Balaban J connectivity index is 2.67. The lowest BCUT2D eigenvalue weighted by atomic mass is 10.0. The first kappa shape index (κ1) is 27.3. The van der Waals surface area contributed by atoms with Gasteiger partial charge in [-0.15, -0.1) is 0 Å². The third-order valence-corrected chi connectivity index (χ3v) is 4.46. The van der Waals surface area contributed by atoms with Gasteiger partial charge < -0.3 is 43.4 Å². The standard InChI is InChI=1S/C20H31N7O6/c21-13(7-4-8-24-20(22)23)17(30)25-10-16(29)26-14(9-12-5-2-1-3-6-12)18(31)27-15(11-28)19(32)33/h1-3,5-6,13-15,28H,4,7-11,21H2,(H,25,30)(H,26,29)(H,27,31)(H,32,33)(H4,22,23,24)/t13-,14-,15-/m0/s1. The number of guanidine groups is 1. The van der Waals surface area contributed by atoms with Gasteiger partial charge in [0.15, 0.2) is 5.96 Å². The van der Waals surface area contributed by atoms with E-state index in [2.05, 4.69) is 20.9 Å². The summed E-state index contributed by atoms with van der Waals surface area (Å²) in [7, 11) is 0. The maximum Gasteiger partial charge on any atom is 0.328 e. The number of carboxylic acid groups (broad SMARTS) is 1. The topological polar surface area (TPSA) is 235 Å². The van der Waals surface area contributed by atoms with Crippen LogP contribution in [-0.4, -0.2) is 77.7 Å². The van der Waals surface area contributed by atoms with E-state index in [1.165, 1.54) is 0 Å². The van der Waals surface area contributed by atoms with Crippen molar-refractivity contribution in [1.82, 2.24) is 16.0 Å². The van der Waals surface area contributed by atoms with E-state index in [1.807, 2.05) is 0 Å². The molecule has 0 aliphatic rings. The van der Waals surface area contributed by atoms with E-state index in [-0.39, 0.29) is 12.4 Å². The number of aliphatic hydroxyl groups is 1. The van der Waals surface area contributed by atoms with Gasteiger partial charge in [-0.25, -0.2) is 4.79 Å². The Bertz CT molecular complexity index is 829. The van der Waals surface area contributed by atoms with E-state index in [0.717, 1.165) is 0 Å². The monoisotopic (exact) mass is 465 g/mol. The molecular weight excluding hydrogens is 434 g/mol. The molecule has 0 aliphatic carbocycles. The Morgan fingerprint density at radius 2 is 1.67 bits per heavy atom. The fourth-order valence-corrected chi connectivity index (χ4v) is 2.71. The van der Waals surface area contributed by atoms with Crippen LogP contribution < -0.4 is 33.2 Å². The van der Waals surface area contributed by atoms with Crippen LogP contribution in [0.15, 0.2) is 35.3 Å². The van der Waals surface area contributed by atoms with Crippen molar-refractivity contribution in [2.75, 3.05) is 19.7 Å². The number of carbonyl (C=O) groups excluding carboxylic acids is 3. The van der Waals surface area contributed by atoms with Crippen molar-refractivity contribution < 1.29 is 29.4 Å². The maximum absolute atomic E-state index is 12.6. The Morgan fingerprint density at radius 1 is 1.00 bits per heavy atom. The molecule has 0 fully saturated rings. The van der Waals surface area contributed by atoms with Crippen LogP contribution in [0.3, 0.4) is 0 Å². The molecule has 0 unspecified atom stereocenters. The number of nitrogens with zero attached hydrogens (tertiary/aromatic N) is 1. The molecular formula is C20H31N7O6. The van der Waals surface area contributed by atoms with Crippen molar-refractivity contribution in [3.8, 4) is 0 Å². The number of amides is 3. The second kappa shape index (κ2) is 14.4. The molecule has 3 atom stereocenters. The lowest BCUT2D eigenvalue weighted by molar-refractivity contribution is -0.143. The highest BCUT2D eigenvalue weighted by Crippen LogP contribution is 2.04. The SMILES string of the molecule is NC(N)=NCCC[C@H](N)C(=O)NCC(=O)N[C@@H](Cc1ccccc1)C(=O)N[C@@H](CO)C(=O)O. The Kier molecular flexibility index (Phi) is 11.9. The fraction of sp³-hybridized carbons (Fsp3) is 0.450. The van der Waals surface area contributed by atoms with Crippen LogP contribution in [0.5, 0.6) is 0 Å². The van der Waals surface area contributed by atoms with Crippen LogP contribution in [0, 0.1) is 0 Å². The number of benzene rings is 1. The molecule has 13 heteroatoms. The number of carbonyl (C=O) groups is 4. The zero-order chi connectivity index (χ0) is 24.8. The number of nitrogens with two attached hydrogens (primary N) is 3. The zero-order valence-corrected chi connectivity index (χ0v) is 18.1.